The Kier molecular flexibility index (Phi) is 1.81. The fraction of sp³-hybridized carbons (Fsp3) is 0.636. The molecule has 3 heteroatoms. The number of ether oxygens (including phenoxy) is 1. The summed E-state index contributed by atoms with van der Waals surface area (Å²) in [6.45, 7) is 6.00. The lowest BCUT2D eigenvalue weighted by Gasteiger charge is -2.36. The zero-order valence-electron chi connectivity index (χ0n) is 8.66. The molecule has 0 aromatic carbocycles. The van der Waals surface area contributed by atoms with Gasteiger partial charge in [-0.2, -0.15) is 0 Å². The molecule has 2 atom stereocenters. The number of esters is 2. The van der Waals surface area contributed by atoms with Crippen LogP contribution in [0.1, 0.15) is 27.2 Å². The highest BCUT2D eigenvalue weighted by Crippen LogP contribution is 2.48. The first-order valence-electron chi connectivity index (χ1n) is 4.87. The third kappa shape index (κ3) is 1.04. The van der Waals surface area contributed by atoms with Crippen molar-refractivity contribution in [2.45, 2.75) is 27.2 Å². The number of hydrogen-bond donors (Lipinski definition) is 0. The molecule has 0 N–H and O–H groups in total. The molecule has 0 amide bonds. The highest BCUT2D eigenvalue weighted by Gasteiger charge is 2.53. The van der Waals surface area contributed by atoms with Crippen molar-refractivity contribution in [2.75, 3.05) is 0 Å². The average molecular weight is 194 g/mol. The monoisotopic (exact) mass is 194 g/mol. The Labute approximate surface area is 83.1 Å². The topological polar surface area (TPSA) is 43.4 Å². The van der Waals surface area contributed by atoms with E-state index in [4.69, 9.17) is 0 Å². The molecule has 1 aliphatic heterocycles. The lowest BCUT2D eigenvalue weighted by atomic mass is 9.64. The van der Waals surface area contributed by atoms with Crippen LogP contribution in [0.25, 0.3) is 0 Å². The first kappa shape index (κ1) is 9.44. The Hall–Kier alpha value is -1.12. The lowest BCUT2D eigenvalue weighted by molar-refractivity contribution is -0.154. The number of rotatable bonds is 0. The molecule has 1 saturated heterocycles. The lowest BCUT2D eigenvalue weighted by Crippen LogP contribution is -2.36. The number of cyclic esters (lactones) is 2. The van der Waals surface area contributed by atoms with Gasteiger partial charge in [0.2, 0.25) is 0 Å². The van der Waals surface area contributed by atoms with E-state index in [-0.39, 0.29) is 29.2 Å². The number of carbonyl (C=O) groups is 2. The molecule has 2 rings (SSSR count). The average Bonchev–Trinajstić information content (AvgIpc) is 2.36. The van der Waals surface area contributed by atoms with Crippen molar-refractivity contribution in [2.24, 2.45) is 17.3 Å². The zero-order valence-corrected chi connectivity index (χ0v) is 8.66. The van der Waals surface area contributed by atoms with Gasteiger partial charge in [0.1, 0.15) is 0 Å². The van der Waals surface area contributed by atoms with Crippen molar-refractivity contribution in [3.05, 3.63) is 11.6 Å². The summed E-state index contributed by atoms with van der Waals surface area (Å²) in [5.41, 5.74) is 0.928. The molecule has 0 bridgehead atoms. The molecule has 0 spiro atoms. The van der Waals surface area contributed by atoms with Gasteiger partial charge in [0.25, 0.3) is 0 Å². The molecule has 0 aromatic rings. The number of allylic oxidation sites excluding steroid dienone is 2. The first-order chi connectivity index (χ1) is 6.44. The van der Waals surface area contributed by atoms with Crippen LogP contribution in [0.5, 0.6) is 0 Å². The summed E-state index contributed by atoms with van der Waals surface area (Å²) < 4.78 is 4.68. The maximum Gasteiger partial charge on any atom is 0.318 e. The fourth-order valence-corrected chi connectivity index (χ4v) is 2.38. The predicted molar refractivity (Wildman–Crippen MR) is 50.2 cm³/mol. The normalized spacial score (nSPS) is 34.9. The van der Waals surface area contributed by atoms with Gasteiger partial charge < -0.3 is 4.74 Å². The van der Waals surface area contributed by atoms with Crippen molar-refractivity contribution < 1.29 is 14.3 Å². The molecule has 0 radical (unpaired) electrons. The van der Waals surface area contributed by atoms with Crippen molar-refractivity contribution in [1.29, 1.82) is 0 Å². The number of fused-ring (bicyclic) bond motifs is 1. The Morgan fingerprint density at radius 2 is 2.00 bits per heavy atom. The van der Waals surface area contributed by atoms with Gasteiger partial charge in [0, 0.05) is 0 Å². The highest BCUT2D eigenvalue weighted by molar-refractivity contribution is 5.97. The first-order valence-corrected chi connectivity index (χ1v) is 4.87. The second kappa shape index (κ2) is 2.69. The summed E-state index contributed by atoms with van der Waals surface area (Å²) in [4.78, 5) is 22.9. The minimum Gasteiger partial charge on any atom is -0.393 e. The molecule has 2 unspecified atom stereocenters. The van der Waals surface area contributed by atoms with E-state index in [1.165, 1.54) is 5.57 Å². The van der Waals surface area contributed by atoms with E-state index in [0.29, 0.717) is 6.42 Å². The summed E-state index contributed by atoms with van der Waals surface area (Å²) in [7, 11) is 0. The molecule has 2 aliphatic rings. The van der Waals surface area contributed by atoms with Crippen LogP contribution in [0.2, 0.25) is 0 Å². The molecule has 14 heavy (non-hydrogen) atoms. The summed E-state index contributed by atoms with van der Waals surface area (Å²) in [6.07, 6.45) is 2.69. The van der Waals surface area contributed by atoms with Gasteiger partial charge in [-0.1, -0.05) is 25.5 Å². The fourth-order valence-electron chi connectivity index (χ4n) is 2.38. The minimum atomic E-state index is -0.350. The van der Waals surface area contributed by atoms with Gasteiger partial charge in [-0.3, -0.25) is 9.59 Å². The van der Waals surface area contributed by atoms with E-state index < -0.39 is 0 Å². The van der Waals surface area contributed by atoms with Gasteiger partial charge in [-0.15, -0.1) is 0 Å². The van der Waals surface area contributed by atoms with Crippen LogP contribution < -0.4 is 0 Å². The maximum atomic E-state index is 11.5. The molecule has 3 nitrogen and oxygen atoms in total. The Morgan fingerprint density at radius 3 is 2.64 bits per heavy atom. The van der Waals surface area contributed by atoms with Crippen molar-refractivity contribution in [3.63, 3.8) is 0 Å². The minimum absolute atomic E-state index is 0.244. The van der Waals surface area contributed by atoms with E-state index in [2.05, 4.69) is 4.74 Å². The third-order valence-corrected chi connectivity index (χ3v) is 3.63. The molecule has 0 aromatic heterocycles. The van der Waals surface area contributed by atoms with Crippen LogP contribution >= 0.6 is 0 Å². The zero-order chi connectivity index (χ0) is 10.5. The van der Waals surface area contributed by atoms with E-state index in [9.17, 15) is 9.59 Å². The third-order valence-electron chi connectivity index (χ3n) is 3.63. The Morgan fingerprint density at radius 1 is 1.36 bits per heavy atom. The van der Waals surface area contributed by atoms with Crippen LogP contribution in [0.4, 0.5) is 0 Å². The SMILES string of the molecule is CC1=CCC2C(=O)OC(=O)C2C1(C)C. The Bertz CT molecular complexity index is 338. The van der Waals surface area contributed by atoms with E-state index in [1.807, 2.05) is 26.8 Å². The molecule has 1 heterocycles. The van der Waals surface area contributed by atoms with Gasteiger partial charge in [-0.25, -0.2) is 0 Å². The number of carbonyl (C=O) groups excluding carboxylic acids is 2. The molecule has 1 fully saturated rings. The molecule has 1 aliphatic carbocycles. The summed E-state index contributed by atoms with van der Waals surface area (Å²) in [5.74, 6) is -1.23. The number of hydrogen-bond acceptors (Lipinski definition) is 3. The van der Waals surface area contributed by atoms with E-state index >= 15 is 0 Å². The summed E-state index contributed by atoms with van der Waals surface area (Å²) in [6, 6.07) is 0. The van der Waals surface area contributed by atoms with Gasteiger partial charge in [-0.05, 0) is 18.8 Å². The van der Waals surface area contributed by atoms with Crippen molar-refractivity contribution >= 4 is 11.9 Å². The van der Waals surface area contributed by atoms with Crippen LogP contribution in [0.15, 0.2) is 11.6 Å². The highest BCUT2D eigenvalue weighted by atomic mass is 16.6. The van der Waals surface area contributed by atoms with Crippen molar-refractivity contribution in [3.8, 4) is 0 Å². The smallest absolute Gasteiger partial charge is 0.318 e. The summed E-state index contributed by atoms with van der Waals surface area (Å²) in [5, 5.41) is 0. The van der Waals surface area contributed by atoms with Gasteiger partial charge >= 0.3 is 11.9 Å². The maximum absolute atomic E-state index is 11.5. The van der Waals surface area contributed by atoms with Gasteiger partial charge in [0.05, 0.1) is 11.8 Å². The van der Waals surface area contributed by atoms with Crippen LogP contribution in [-0.2, 0) is 14.3 Å². The molecular weight excluding hydrogens is 180 g/mol. The van der Waals surface area contributed by atoms with Crippen LogP contribution in [-0.4, -0.2) is 11.9 Å². The molecule has 76 valence electrons. The van der Waals surface area contributed by atoms with E-state index in [0.717, 1.165) is 0 Å². The molecule has 0 saturated carbocycles. The van der Waals surface area contributed by atoms with Crippen LogP contribution in [0.3, 0.4) is 0 Å². The summed E-state index contributed by atoms with van der Waals surface area (Å²) >= 11 is 0. The largest absolute Gasteiger partial charge is 0.393 e. The second-order valence-electron chi connectivity index (χ2n) is 4.67. The van der Waals surface area contributed by atoms with E-state index in [1.54, 1.807) is 0 Å². The quantitative estimate of drug-likeness (QED) is 0.335. The molecular formula is C11H14O3. The standard InChI is InChI=1S/C11H14O3/c1-6-4-5-7-8(11(6,2)3)10(13)14-9(7)12/h4,7-8H,5H2,1-3H3. The second-order valence-corrected chi connectivity index (χ2v) is 4.67. The predicted octanol–water partition coefficient (Wildman–Crippen LogP) is 1.68. The van der Waals surface area contributed by atoms with Gasteiger partial charge in [0.15, 0.2) is 0 Å². The Balaban J connectivity index is 2.45. The van der Waals surface area contributed by atoms with Crippen LogP contribution in [0, 0.1) is 17.3 Å². The van der Waals surface area contributed by atoms with Crippen molar-refractivity contribution in [1.82, 2.24) is 0 Å².